The number of rotatable bonds is 8. The van der Waals surface area contributed by atoms with E-state index < -0.39 is 6.10 Å². The first-order valence-electron chi connectivity index (χ1n) is 8.93. The molecule has 0 amide bonds. The summed E-state index contributed by atoms with van der Waals surface area (Å²) in [5.41, 5.74) is 2.92. The Labute approximate surface area is 143 Å². The van der Waals surface area contributed by atoms with Crippen molar-refractivity contribution < 1.29 is 14.3 Å². The third-order valence-corrected chi connectivity index (χ3v) is 5.07. The van der Waals surface area contributed by atoms with E-state index in [9.17, 15) is 5.11 Å². The SMILES string of the molecule is OC(COCc1ccco1)CN(C1CC1)C1CCc2ccccc21. The van der Waals surface area contributed by atoms with Crippen molar-refractivity contribution in [3.63, 3.8) is 0 Å². The number of aliphatic hydroxyl groups excluding tert-OH is 1. The van der Waals surface area contributed by atoms with Crippen molar-refractivity contribution in [1.29, 1.82) is 0 Å². The topological polar surface area (TPSA) is 45.8 Å². The van der Waals surface area contributed by atoms with Crippen molar-refractivity contribution in [3.05, 3.63) is 59.5 Å². The van der Waals surface area contributed by atoms with Gasteiger partial charge in [0, 0.05) is 18.6 Å². The molecule has 1 saturated carbocycles. The molecule has 1 aromatic carbocycles. The zero-order valence-electron chi connectivity index (χ0n) is 13.9. The number of aryl methyl sites for hydroxylation is 1. The lowest BCUT2D eigenvalue weighted by Gasteiger charge is -2.31. The third-order valence-electron chi connectivity index (χ3n) is 5.07. The summed E-state index contributed by atoms with van der Waals surface area (Å²) in [6.07, 6.45) is 5.98. The smallest absolute Gasteiger partial charge is 0.129 e. The zero-order valence-corrected chi connectivity index (χ0v) is 13.9. The van der Waals surface area contributed by atoms with Crippen LogP contribution in [0.2, 0.25) is 0 Å². The van der Waals surface area contributed by atoms with Crippen molar-refractivity contribution in [1.82, 2.24) is 4.90 Å². The highest BCUT2D eigenvalue weighted by Crippen LogP contribution is 2.41. The van der Waals surface area contributed by atoms with Gasteiger partial charge in [-0.2, -0.15) is 0 Å². The van der Waals surface area contributed by atoms with Crippen LogP contribution in [0, 0.1) is 0 Å². The van der Waals surface area contributed by atoms with Crippen molar-refractivity contribution in [3.8, 4) is 0 Å². The summed E-state index contributed by atoms with van der Waals surface area (Å²) in [6.45, 7) is 1.44. The van der Waals surface area contributed by atoms with Crippen molar-refractivity contribution in [2.45, 2.75) is 50.5 Å². The standard InChI is InChI=1S/C20H25NO3/c22-17(13-23-14-18-5-3-11-24-18)12-21(16-8-9-16)20-10-7-15-4-1-2-6-19(15)20/h1-6,11,16-17,20,22H,7-10,12-14H2. The fourth-order valence-electron chi connectivity index (χ4n) is 3.80. The molecule has 4 rings (SSSR count). The second kappa shape index (κ2) is 7.09. The number of hydrogen-bond acceptors (Lipinski definition) is 4. The van der Waals surface area contributed by atoms with Crippen LogP contribution in [-0.4, -0.2) is 35.3 Å². The zero-order chi connectivity index (χ0) is 16.4. The maximum Gasteiger partial charge on any atom is 0.129 e. The van der Waals surface area contributed by atoms with Gasteiger partial charge in [-0.15, -0.1) is 0 Å². The molecule has 2 aliphatic carbocycles. The predicted molar refractivity (Wildman–Crippen MR) is 91.6 cm³/mol. The molecule has 4 nitrogen and oxygen atoms in total. The molecule has 0 bridgehead atoms. The van der Waals surface area contributed by atoms with E-state index in [0.29, 0.717) is 31.8 Å². The Balaban J connectivity index is 1.34. The summed E-state index contributed by atoms with van der Waals surface area (Å²) >= 11 is 0. The molecule has 0 spiro atoms. The van der Waals surface area contributed by atoms with E-state index in [-0.39, 0.29) is 0 Å². The average molecular weight is 327 g/mol. The second-order valence-corrected chi connectivity index (χ2v) is 6.93. The number of nitrogens with zero attached hydrogens (tertiary/aromatic N) is 1. The van der Waals surface area contributed by atoms with E-state index in [1.54, 1.807) is 6.26 Å². The average Bonchev–Trinajstić information content (AvgIpc) is 3.14. The first-order valence-corrected chi connectivity index (χ1v) is 8.93. The fourth-order valence-corrected chi connectivity index (χ4v) is 3.80. The van der Waals surface area contributed by atoms with E-state index in [1.165, 1.54) is 24.0 Å². The van der Waals surface area contributed by atoms with Gasteiger partial charge in [-0.3, -0.25) is 4.90 Å². The molecule has 2 aromatic rings. The van der Waals surface area contributed by atoms with Gasteiger partial charge in [0.05, 0.1) is 19.0 Å². The lowest BCUT2D eigenvalue weighted by Crippen LogP contribution is -2.38. The summed E-state index contributed by atoms with van der Waals surface area (Å²) in [5, 5.41) is 10.4. The van der Waals surface area contributed by atoms with Crippen LogP contribution in [0.5, 0.6) is 0 Å². The molecule has 1 heterocycles. The van der Waals surface area contributed by atoms with E-state index in [0.717, 1.165) is 18.6 Å². The molecule has 0 aliphatic heterocycles. The molecule has 2 unspecified atom stereocenters. The van der Waals surface area contributed by atoms with E-state index in [4.69, 9.17) is 9.15 Å². The van der Waals surface area contributed by atoms with Gasteiger partial charge in [-0.25, -0.2) is 0 Å². The van der Waals surface area contributed by atoms with Crippen molar-refractivity contribution in [2.75, 3.05) is 13.2 Å². The summed E-state index contributed by atoms with van der Waals surface area (Å²) in [4.78, 5) is 2.51. The first-order chi connectivity index (χ1) is 11.8. The molecular formula is C20H25NO3. The quantitative estimate of drug-likeness (QED) is 0.808. The van der Waals surface area contributed by atoms with Crippen LogP contribution >= 0.6 is 0 Å². The molecule has 0 saturated heterocycles. The minimum atomic E-state index is -0.465. The van der Waals surface area contributed by atoms with Crippen LogP contribution in [0.1, 0.15) is 42.2 Å². The summed E-state index contributed by atoms with van der Waals surface area (Å²) in [7, 11) is 0. The maximum atomic E-state index is 10.4. The van der Waals surface area contributed by atoms with Crippen LogP contribution in [-0.2, 0) is 17.8 Å². The van der Waals surface area contributed by atoms with E-state index in [2.05, 4.69) is 29.2 Å². The Morgan fingerprint density at radius 1 is 1.17 bits per heavy atom. The summed E-state index contributed by atoms with van der Waals surface area (Å²) in [6, 6.07) is 13.6. The van der Waals surface area contributed by atoms with Crippen molar-refractivity contribution in [2.24, 2.45) is 0 Å². The normalized spacial score (nSPS) is 21.2. The molecule has 2 aliphatic rings. The van der Waals surface area contributed by atoms with Gasteiger partial charge in [-0.05, 0) is 48.9 Å². The van der Waals surface area contributed by atoms with E-state index >= 15 is 0 Å². The van der Waals surface area contributed by atoms with Crippen molar-refractivity contribution >= 4 is 0 Å². The molecule has 0 radical (unpaired) electrons. The van der Waals surface area contributed by atoms with Crippen LogP contribution < -0.4 is 0 Å². The predicted octanol–water partition coefficient (Wildman–Crippen LogP) is 3.31. The molecule has 24 heavy (non-hydrogen) atoms. The molecule has 1 aromatic heterocycles. The first kappa shape index (κ1) is 15.9. The minimum absolute atomic E-state index is 0.346. The highest BCUT2D eigenvalue weighted by Gasteiger charge is 2.38. The second-order valence-electron chi connectivity index (χ2n) is 6.93. The lowest BCUT2D eigenvalue weighted by molar-refractivity contribution is -0.00407. The van der Waals surface area contributed by atoms with Gasteiger partial charge < -0.3 is 14.3 Å². The minimum Gasteiger partial charge on any atom is -0.467 e. The van der Waals surface area contributed by atoms with Gasteiger partial charge >= 0.3 is 0 Å². The maximum absolute atomic E-state index is 10.4. The fraction of sp³-hybridized carbons (Fsp3) is 0.500. The molecule has 1 fully saturated rings. The molecule has 4 heteroatoms. The number of aliphatic hydroxyl groups is 1. The Bertz CT molecular complexity index is 651. The van der Waals surface area contributed by atoms with Crippen LogP contribution in [0.15, 0.2) is 47.1 Å². The van der Waals surface area contributed by atoms with Gasteiger partial charge in [-0.1, -0.05) is 24.3 Å². The highest BCUT2D eigenvalue weighted by atomic mass is 16.5. The largest absolute Gasteiger partial charge is 0.467 e. The Morgan fingerprint density at radius 2 is 2.04 bits per heavy atom. The number of benzene rings is 1. The molecular weight excluding hydrogens is 302 g/mol. The Morgan fingerprint density at radius 3 is 2.83 bits per heavy atom. The Hall–Kier alpha value is -1.62. The number of ether oxygens (including phenoxy) is 1. The van der Waals surface area contributed by atoms with E-state index in [1.807, 2.05) is 12.1 Å². The molecule has 2 atom stereocenters. The van der Waals surface area contributed by atoms with Gasteiger partial charge in [0.2, 0.25) is 0 Å². The molecule has 1 N–H and O–H groups in total. The van der Waals surface area contributed by atoms with Crippen LogP contribution in [0.25, 0.3) is 0 Å². The monoisotopic (exact) mass is 327 g/mol. The summed E-state index contributed by atoms with van der Waals surface area (Å²) in [5.74, 6) is 0.797. The van der Waals surface area contributed by atoms with Crippen LogP contribution in [0.3, 0.4) is 0 Å². The number of furan rings is 1. The lowest BCUT2D eigenvalue weighted by atomic mass is 10.1. The summed E-state index contributed by atoms with van der Waals surface area (Å²) < 4.78 is 10.9. The third kappa shape index (κ3) is 3.56. The highest BCUT2D eigenvalue weighted by molar-refractivity contribution is 5.34. The molecule has 128 valence electrons. The van der Waals surface area contributed by atoms with Gasteiger partial charge in [0.1, 0.15) is 12.4 Å². The van der Waals surface area contributed by atoms with Gasteiger partial charge in [0.25, 0.3) is 0 Å². The van der Waals surface area contributed by atoms with Crippen LogP contribution in [0.4, 0.5) is 0 Å². The Kier molecular flexibility index (Phi) is 4.69. The number of fused-ring (bicyclic) bond motifs is 1. The number of hydrogen-bond donors (Lipinski definition) is 1. The van der Waals surface area contributed by atoms with Gasteiger partial charge in [0.15, 0.2) is 0 Å².